The van der Waals surface area contributed by atoms with Crippen LogP contribution in [0, 0.1) is 0 Å². The van der Waals surface area contributed by atoms with E-state index in [1.54, 1.807) is 23.7 Å². The van der Waals surface area contributed by atoms with E-state index in [0.717, 1.165) is 0 Å². The summed E-state index contributed by atoms with van der Waals surface area (Å²) in [6.07, 6.45) is 1.73. The number of rotatable bonds is 3. The summed E-state index contributed by atoms with van der Waals surface area (Å²) in [6.45, 7) is 3.62. The maximum atomic E-state index is 11.7. The minimum atomic E-state index is -0.342. The van der Waals surface area contributed by atoms with E-state index in [0.29, 0.717) is 17.3 Å². The van der Waals surface area contributed by atoms with Crippen LogP contribution < -0.4 is 5.43 Å². The number of aromatic nitrogens is 2. The Balaban J connectivity index is 2.67. The van der Waals surface area contributed by atoms with Crippen molar-refractivity contribution in [3.8, 4) is 0 Å². The van der Waals surface area contributed by atoms with E-state index in [1.165, 1.54) is 6.20 Å². The molecule has 1 unspecified atom stereocenters. The van der Waals surface area contributed by atoms with Gasteiger partial charge >= 0.3 is 0 Å². The van der Waals surface area contributed by atoms with Gasteiger partial charge in [0.05, 0.1) is 11.7 Å². The number of nitrogens with zero attached hydrogens (tertiary/aromatic N) is 2. The predicted molar refractivity (Wildman–Crippen MR) is 66.0 cm³/mol. The van der Waals surface area contributed by atoms with Gasteiger partial charge in [0.1, 0.15) is 6.04 Å². The molecule has 0 saturated carbocycles. The van der Waals surface area contributed by atoms with Gasteiger partial charge < -0.3 is 0 Å². The van der Waals surface area contributed by atoms with Crippen LogP contribution in [0.5, 0.6) is 0 Å². The molecule has 0 aliphatic carbocycles. The summed E-state index contributed by atoms with van der Waals surface area (Å²) >= 11 is 0. The molecule has 0 radical (unpaired) electrons. The Morgan fingerprint density at radius 2 is 2.12 bits per heavy atom. The third-order valence-electron chi connectivity index (χ3n) is 2.90. The van der Waals surface area contributed by atoms with Crippen molar-refractivity contribution in [1.29, 1.82) is 0 Å². The number of hydrogen-bond donors (Lipinski definition) is 0. The average Bonchev–Trinajstić information content (AvgIpc) is 2.38. The molecule has 88 valence electrons. The zero-order chi connectivity index (χ0) is 12.4. The summed E-state index contributed by atoms with van der Waals surface area (Å²) in [4.78, 5) is 23.3. The van der Waals surface area contributed by atoms with Gasteiger partial charge in [0.2, 0.25) is 5.43 Å². The van der Waals surface area contributed by atoms with Crippen molar-refractivity contribution in [2.24, 2.45) is 0 Å². The molecule has 4 heteroatoms. The average molecular weight is 230 g/mol. The van der Waals surface area contributed by atoms with Gasteiger partial charge in [0.25, 0.3) is 0 Å². The van der Waals surface area contributed by atoms with Gasteiger partial charge in [-0.3, -0.25) is 14.3 Å². The summed E-state index contributed by atoms with van der Waals surface area (Å²) in [5.74, 6) is 0.103. The van der Waals surface area contributed by atoms with Crippen LogP contribution >= 0.6 is 0 Å². The van der Waals surface area contributed by atoms with Crippen molar-refractivity contribution in [3.05, 3.63) is 40.7 Å². The van der Waals surface area contributed by atoms with Crippen molar-refractivity contribution < 1.29 is 4.79 Å². The standard InChI is InChI=1S/C13H14N2O2/c1-3-12(16)9(2)15-11-7-5-4-6-10(11)13(17)8-14-15/h4-9H,3H2,1-2H3. The van der Waals surface area contributed by atoms with E-state index >= 15 is 0 Å². The first-order valence-corrected chi connectivity index (χ1v) is 5.64. The van der Waals surface area contributed by atoms with Crippen molar-refractivity contribution >= 4 is 16.7 Å². The Morgan fingerprint density at radius 3 is 2.82 bits per heavy atom. The van der Waals surface area contributed by atoms with Crippen LogP contribution in [0.1, 0.15) is 26.3 Å². The summed E-state index contributed by atoms with van der Waals surface area (Å²) in [7, 11) is 0. The molecule has 0 spiro atoms. The fourth-order valence-electron chi connectivity index (χ4n) is 1.87. The highest BCUT2D eigenvalue weighted by molar-refractivity contribution is 5.85. The largest absolute Gasteiger partial charge is 0.297 e. The lowest BCUT2D eigenvalue weighted by Gasteiger charge is -2.15. The number of carbonyl (C=O) groups excluding carboxylic acids is 1. The highest BCUT2D eigenvalue weighted by Crippen LogP contribution is 2.15. The zero-order valence-corrected chi connectivity index (χ0v) is 9.88. The van der Waals surface area contributed by atoms with E-state index in [4.69, 9.17) is 0 Å². The third-order valence-corrected chi connectivity index (χ3v) is 2.90. The van der Waals surface area contributed by atoms with E-state index in [2.05, 4.69) is 5.10 Å². The molecule has 2 rings (SSSR count). The maximum absolute atomic E-state index is 11.7. The molecular formula is C13H14N2O2. The molecule has 17 heavy (non-hydrogen) atoms. The summed E-state index contributed by atoms with van der Waals surface area (Å²) in [5.41, 5.74) is 0.585. The minimum absolute atomic E-state index is 0.103. The second kappa shape index (κ2) is 4.49. The zero-order valence-electron chi connectivity index (χ0n) is 9.88. The molecule has 0 N–H and O–H groups in total. The van der Waals surface area contributed by atoms with Crippen molar-refractivity contribution in [3.63, 3.8) is 0 Å². The first kappa shape index (κ1) is 11.5. The van der Waals surface area contributed by atoms with Gasteiger partial charge in [-0.15, -0.1) is 0 Å². The van der Waals surface area contributed by atoms with Gasteiger partial charge in [0.15, 0.2) is 5.78 Å². The van der Waals surface area contributed by atoms with E-state index in [-0.39, 0.29) is 17.3 Å². The number of para-hydroxylation sites is 1. The SMILES string of the molecule is CCC(=O)C(C)n1ncc(=O)c2ccccc21. The van der Waals surface area contributed by atoms with Crippen LogP contribution in [0.4, 0.5) is 0 Å². The molecule has 0 bridgehead atoms. The molecule has 1 aromatic heterocycles. The van der Waals surface area contributed by atoms with Crippen molar-refractivity contribution in [2.45, 2.75) is 26.3 Å². The summed E-state index contributed by atoms with van der Waals surface area (Å²) in [5, 5.41) is 4.65. The van der Waals surface area contributed by atoms with Crippen LogP contribution in [0.15, 0.2) is 35.3 Å². The van der Waals surface area contributed by atoms with E-state index in [9.17, 15) is 9.59 Å². The van der Waals surface area contributed by atoms with Crippen molar-refractivity contribution in [2.75, 3.05) is 0 Å². The lowest BCUT2D eigenvalue weighted by molar-refractivity contribution is -0.121. The smallest absolute Gasteiger partial charge is 0.207 e. The van der Waals surface area contributed by atoms with Crippen LogP contribution in [0.2, 0.25) is 0 Å². The fourth-order valence-corrected chi connectivity index (χ4v) is 1.87. The summed E-state index contributed by atoms with van der Waals surface area (Å²) < 4.78 is 1.61. The highest BCUT2D eigenvalue weighted by atomic mass is 16.1. The molecule has 4 nitrogen and oxygen atoms in total. The van der Waals surface area contributed by atoms with E-state index in [1.807, 2.05) is 19.1 Å². The molecule has 0 amide bonds. The normalized spacial score (nSPS) is 12.6. The molecule has 0 saturated heterocycles. The molecule has 1 atom stereocenters. The Kier molecular flexibility index (Phi) is 3.04. The molecule has 0 aliphatic heterocycles. The second-order valence-corrected chi connectivity index (χ2v) is 3.97. The lowest BCUT2D eigenvalue weighted by atomic mass is 10.1. The Labute approximate surface area is 98.9 Å². The van der Waals surface area contributed by atoms with E-state index < -0.39 is 0 Å². The van der Waals surface area contributed by atoms with Crippen LogP contribution in [0.25, 0.3) is 10.9 Å². The molecule has 0 aliphatic rings. The first-order chi connectivity index (χ1) is 8.15. The van der Waals surface area contributed by atoms with Gasteiger partial charge in [-0.05, 0) is 19.1 Å². The Bertz CT molecular complexity index is 616. The minimum Gasteiger partial charge on any atom is -0.297 e. The van der Waals surface area contributed by atoms with Crippen LogP contribution in [-0.2, 0) is 4.79 Å². The number of benzene rings is 1. The second-order valence-electron chi connectivity index (χ2n) is 3.97. The number of fused-ring (bicyclic) bond motifs is 1. The molecular weight excluding hydrogens is 216 g/mol. The topological polar surface area (TPSA) is 52.0 Å². The third kappa shape index (κ3) is 1.98. The molecule has 1 heterocycles. The lowest BCUT2D eigenvalue weighted by Crippen LogP contribution is -2.21. The summed E-state index contributed by atoms with van der Waals surface area (Å²) in [6, 6.07) is 6.86. The molecule has 1 aromatic carbocycles. The molecule has 2 aromatic rings. The number of ketones is 1. The van der Waals surface area contributed by atoms with Gasteiger partial charge in [0, 0.05) is 11.8 Å². The predicted octanol–water partition coefficient (Wildman–Crippen LogP) is 1.94. The Morgan fingerprint density at radius 1 is 1.41 bits per heavy atom. The maximum Gasteiger partial charge on any atom is 0.207 e. The molecule has 0 fully saturated rings. The quantitative estimate of drug-likeness (QED) is 0.809. The first-order valence-electron chi connectivity index (χ1n) is 5.64. The number of carbonyl (C=O) groups is 1. The number of hydrogen-bond acceptors (Lipinski definition) is 3. The Hall–Kier alpha value is -1.97. The van der Waals surface area contributed by atoms with Crippen LogP contribution in [0.3, 0.4) is 0 Å². The van der Waals surface area contributed by atoms with Gasteiger partial charge in [-0.1, -0.05) is 19.1 Å². The van der Waals surface area contributed by atoms with Crippen molar-refractivity contribution in [1.82, 2.24) is 9.78 Å². The van der Waals surface area contributed by atoms with Gasteiger partial charge in [-0.2, -0.15) is 5.10 Å². The van der Waals surface area contributed by atoms with Crippen LogP contribution in [-0.4, -0.2) is 15.6 Å². The monoisotopic (exact) mass is 230 g/mol. The highest BCUT2D eigenvalue weighted by Gasteiger charge is 2.15. The van der Waals surface area contributed by atoms with Gasteiger partial charge in [-0.25, -0.2) is 0 Å². The number of Topliss-reactive ketones (excluding diaryl/α,β-unsaturated/α-hetero) is 1. The fraction of sp³-hybridized carbons (Fsp3) is 0.308.